The molecule has 0 fully saturated rings. The Bertz CT molecular complexity index is 286. The number of nitrogens with zero attached hydrogens (tertiary/aromatic N) is 1. The van der Waals surface area contributed by atoms with Crippen LogP contribution in [0.25, 0.3) is 0 Å². The largest absolute Gasteiger partial charge is 0.273 e. The van der Waals surface area contributed by atoms with E-state index in [1.165, 1.54) is 38.5 Å². The second-order valence-corrected chi connectivity index (χ2v) is 6.61. The molecule has 0 rings (SSSR count). The summed E-state index contributed by atoms with van der Waals surface area (Å²) in [5.74, 6) is 0.821. The predicted octanol–water partition coefficient (Wildman–Crippen LogP) is 5.30. The van der Waals surface area contributed by atoms with E-state index in [-0.39, 0.29) is 5.91 Å². The highest BCUT2D eigenvalue weighted by Crippen LogP contribution is 2.10. The molecule has 0 aromatic rings. The van der Waals surface area contributed by atoms with Gasteiger partial charge in [-0.25, -0.2) is 5.43 Å². The van der Waals surface area contributed by atoms with Crippen molar-refractivity contribution in [2.75, 3.05) is 0 Å². The summed E-state index contributed by atoms with van der Waals surface area (Å²) in [6.45, 7) is 10.7. The molecule has 0 aliphatic rings. The lowest BCUT2D eigenvalue weighted by Gasteiger charge is -2.13. The molecule has 0 bridgehead atoms. The van der Waals surface area contributed by atoms with E-state index in [4.69, 9.17) is 0 Å². The van der Waals surface area contributed by atoms with Crippen LogP contribution >= 0.6 is 0 Å². The number of hydrazone groups is 1. The van der Waals surface area contributed by atoms with Crippen molar-refractivity contribution in [3.8, 4) is 0 Å². The van der Waals surface area contributed by atoms with E-state index in [1.807, 2.05) is 0 Å². The first-order chi connectivity index (χ1) is 9.99. The summed E-state index contributed by atoms with van der Waals surface area (Å²) in [7, 11) is 0. The minimum atomic E-state index is 0.0554. The Hall–Kier alpha value is -0.860. The van der Waals surface area contributed by atoms with Crippen LogP contribution in [0.15, 0.2) is 5.10 Å². The van der Waals surface area contributed by atoms with Crippen LogP contribution in [-0.4, -0.2) is 11.6 Å². The molecular formula is C18H36N2O. The lowest BCUT2D eigenvalue weighted by atomic mass is 9.98. The molecule has 21 heavy (non-hydrogen) atoms. The number of amides is 1. The van der Waals surface area contributed by atoms with Crippen molar-refractivity contribution in [3.63, 3.8) is 0 Å². The summed E-state index contributed by atoms with van der Waals surface area (Å²) in [5.41, 5.74) is 3.78. The van der Waals surface area contributed by atoms with Gasteiger partial charge in [-0.3, -0.25) is 4.79 Å². The number of carbonyl (C=O) groups excluding carboxylic acids is 1. The molecule has 0 radical (unpaired) electrons. The molecule has 3 nitrogen and oxygen atoms in total. The van der Waals surface area contributed by atoms with E-state index in [0.717, 1.165) is 18.6 Å². The van der Waals surface area contributed by atoms with Gasteiger partial charge in [0, 0.05) is 12.1 Å². The molecule has 0 aromatic carbocycles. The monoisotopic (exact) mass is 296 g/mol. The average Bonchev–Trinajstić information content (AvgIpc) is 2.41. The molecule has 0 saturated heterocycles. The average molecular weight is 296 g/mol. The topological polar surface area (TPSA) is 41.5 Å². The van der Waals surface area contributed by atoms with Gasteiger partial charge < -0.3 is 0 Å². The molecule has 0 saturated carbocycles. The van der Waals surface area contributed by atoms with Crippen molar-refractivity contribution in [1.82, 2.24) is 5.43 Å². The summed E-state index contributed by atoms with van der Waals surface area (Å²) in [6.07, 6.45) is 10.7. The standard InChI is InChI=1S/C18H36N2O/c1-6-7-8-9-10-11-12-13-14-17(21)19-20-18(15(2)3)16(4)5/h15-16H,6-14H2,1-5H3,(H,19,21). The smallest absolute Gasteiger partial charge is 0.240 e. The highest BCUT2D eigenvalue weighted by Gasteiger charge is 2.10. The van der Waals surface area contributed by atoms with E-state index in [9.17, 15) is 4.79 Å². The van der Waals surface area contributed by atoms with Gasteiger partial charge in [0.1, 0.15) is 0 Å². The van der Waals surface area contributed by atoms with Crippen molar-refractivity contribution >= 4 is 11.6 Å². The van der Waals surface area contributed by atoms with Crippen molar-refractivity contribution in [1.29, 1.82) is 0 Å². The van der Waals surface area contributed by atoms with E-state index in [0.29, 0.717) is 18.3 Å². The van der Waals surface area contributed by atoms with Crippen LogP contribution in [0.1, 0.15) is 92.4 Å². The molecule has 1 amide bonds. The Morgan fingerprint density at radius 3 is 1.81 bits per heavy atom. The number of carbonyl (C=O) groups is 1. The molecule has 1 N–H and O–H groups in total. The molecule has 3 heteroatoms. The van der Waals surface area contributed by atoms with Crippen molar-refractivity contribution < 1.29 is 4.79 Å². The van der Waals surface area contributed by atoms with Crippen LogP contribution in [-0.2, 0) is 4.79 Å². The van der Waals surface area contributed by atoms with E-state index >= 15 is 0 Å². The fraction of sp³-hybridized carbons (Fsp3) is 0.889. The second-order valence-electron chi connectivity index (χ2n) is 6.61. The number of unbranched alkanes of at least 4 members (excludes halogenated alkanes) is 7. The third kappa shape index (κ3) is 11.5. The van der Waals surface area contributed by atoms with Gasteiger partial charge in [0.05, 0.1) is 0 Å². The lowest BCUT2D eigenvalue weighted by molar-refractivity contribution is -0.121. The fourth-order valence-corrected chi connectivity index (χ4v) is 2.53. The maximum Gasteiger partial charge on any atom is 0.240 e. The van der Waals surface area contributed by atoms with Gasteiger partial charge in [0.15, 0.2) is 0 Å². The summed E-state index contributed by atoms with van der Waals surface area (Å²) < 4.78 is 0. The Kier molecular flexibility index (Phi) is 12.3. The van der Waals surface area contributed by atoms with Crippen LogP contribution in [0.5, 0.6) is 0 Å². The molecule has 0 aliphatic heterocycles. The Morgan fingerprint density at radius 1 is 0.857 bits per heavy atom. The molecule has 124 valence electrons. The number of hydrogen-bond acceptors (Lipinski definition) is 2. The van der Waals surface area contributed by atoms with E-state index < -0.39 is 0 Å². The zero-order chi connectivity index (χ0) is 16.1. The number of rotatable bonds is 12. The first-order valence-corrected chi connectivity index (χ1v) is 8.85. The van der Waals surface area contributed by atoms with E-state index in [2.05, 4.69) is 45.1 Å². The summed E-state index contributed by atoms with van der Waals surface area (Å²) in [4.78, 5) is 11.7. The molecule has 0 atom stereocenters. The van der Waals surface area contributed by atoms with Crippen molar-refractivity contribution in [3.05, 3.63) is 0 Å². The Morgan fingerprint density at radius 2 is 1.33 bits per heavy atom. The minimum Gasteiger partial charge on any atom is -0.273 e. The van der Waals surface area contributed by atoms with Gasteiger partial charge in [-0.15, -0.1) is 0 Å². The van der Waals surface area contributed by atoms with Gasteiger partial charge in [0.25, 0.3) is 0 Å². The summed E-state index contributed by atoms with van der Waals surface area (Å²) in [5, 5.41) is 4.29. The lowest BCUT2D eigenvalue weighted by Crippen LogP contribution is -2.24. The van der Waals surface area contributed by atoms with Crippen molar-refractivity contribution in [2.45, 2.75) is 92.4 Å². The summed E-state index contributed by atoms with van der Waals surface area (Å²) in [6, 6.07) is 0. The Balaban J connectivity index is 3.69. The maximum absolute atomic E-state index is 11.7. The quantitative estimate of drug-likeness (QED) is 0.296. The van der Waals surface area contributed by atoms with Gasteiger partial charge in [-0.2, -0.15) is 5.10 Å². The van der Waals surface area contributed by atoms with Gasteiger partial charge in [-0.1, -0.05) is 79.6 Å². The minimum absolute atomic E-state index is 0.0554. The molecule has 0 unspecified atom stereocenters. The van der Waals surface area contributed by atoms with Gasteiger partial charge >= 0.3 is 0 Å². The molecular weight excluding hydrogens is 260 g/mol. The van der Waals surface area contributed by atoms with Gasteiger partial charge in [0.2, 0.25) is 5.91 Å². The first-order valence-electron chi connectivity index (χ1n) is 8.85. The zero-order valence-corrected chi connectivity index (χ0v) is 14.9. The third-order valence-electron chi connectivity index (χ3n) is 3.75. The SMILES string of the molecule is CCCCCCCCCCC(=O)NN=C(C(C)C)C(C)C. The van der Waals surface area contributed by atoms with Crippen LogP contribution in [0.2, 0.25) is 0 Å². The second kappa shape index (κ2) is 12.8. The van der Waals surface area contributed by atoms with Crippen molar-refractivity contribution in [2.24, 2.45) is 16.9 Å². The molecule has 0 aliphatic carbocycles. The Labute approximate surface area is 132 Å². The maximum atomic E-state index is 11.7. The zero-order valence-electron chi connectivity index (χ0n) is 14.9. The highest BCUT2D eigenvalue weighted by atomic mass is 16.2. The third-order valence-corrected chi connectivity index (χ3v) is 3.75. The van der Waals surface area contributed by atoms with Crippen LogP contribution in [0.4, 0.5) is 0 Å². The summed E-state index contributed by atoms with van der Waals surface area (Å²) >= 11 is 0. The van der Waals surface area contributed by atoms with Crippen LogP contribution in [0.3, 0.4) is 0 Å². The number of hydrogen-bond donors (Lipinski definition) is 1. The normalized spacial score (nSPS) is 11.0. The fourth-order valence-electron chi connectivity index (χ4n) is 2.53. The van der Waals surface area contributed by atoms with Gasteiger partial charge in [-0.05, 0) is 18.3 Å². The number of nitrogens with one attached hydrogen (secondary N) is 1. The predicted molar refractivity (Wildman–Crippen MR) is 92.5 cm³/mol. The molecule has 0 aromatic heterocycles. The molecule has 0 heterocycles. The van der Waals surface area contributed by atoms with Crippen LogP contribution in [0, 0.1) is 11.8 Å². The first kappa shape index (κ1) is 20.1. The van der Waals surface area contributed by atoms with E-state index in [1.54, 1.807) is 0 Å². The molecule has 0 spiro atoms. The van der Waals surface area contributed by atoms with Crippen LogP contribution < -0.4 is 5.43 Å². The highest BCUT2D eigenvalue weighted by molar-refractivity contribution is 5.89.